The van der Waals surface area contributed by atoms with Gasteiger partial charge in [0, 0.05) is 23.5 Å². The maximum absolute atomic E-state index is 5.56. The second-order valence-electron chi connectivity index (χ2n) is 4.05. The summed E-state index contributed by atoms with van der Waals surface area (Å²) in [5.41, 5.74) is 4.05. The fourth-order valence-corrected chi connectivity index (χ4v) is 2.72. The molecule has 1 unspecified atom stereocenters. The Kier molecular flexibility index (Phi) is 3.15. The van der Waals surface area contributed by atoms with Crippen molar-refractivity contribution in [3.05, 3.63) is 16.1 Å². The molecule has 1 aromatic heterocycles. The first kappa shape index (κ1) is 10.1. The molecule has 4 heteroatoms. The van der Waals surface area contributed by atoms with Gasteiger partial charge in [-0.1, -0.05) is 6.42 Å². The molecule has 0 spiro atoms. The highest BCUT2D eigenvalue weighted by Gasteiger charge is 2.27. The lowest BCUT2D eigenvalue weighted by Crippen LogP contribution is -2.44. The predicted molar refractivity (Wildman–Crippen MR) is 59.0 cm³/mol. The summed E-state index contributed by atoms with van der Waals surface area (Å²) in [5.74, 6) is 6.33. The molecule has 0 radical (unpaired) electrons. The predicted octanol–water partition coefficient (Wildman–Crippen LogP) is 1.63. The zero-order chi connectivity index (χ0) is 9.97. The molecule has 3 nitrogen and oxygen atoms in total. The van der Waals surface area contributed by atoms with Crippen molar-refractivity contribution in [1.82, 2.24) is 10.4 Å². The summed E-state index contributed by atoms with van der Waals surface area (Å²) in [5, 5.41) is 3.31. The van der Waals surface area contributed by atoms with Crippen molar-refractivity contribution >= 4 is 11.3 Å². The molecule has 0 aliphatic heterocycles. The van der Waals surface area contributed by atoms with Gasteiger partial charge in [-0.2, -0.15) is 0 Å². The van der Waals surface area contributed by atoms with Crippen LogP contribution in [-0.2, 0) is 6.42 Å². The lowest BCUT2D eigenvalue weighted by atomic mass is 9.79. The van der Waals surface area contributed by atoms with Crippen LogP contribution in [0.2, 0.25) is 0 Å². The SMILES string of the molecule is Cc1csc(CC(NN)C2CCC2)n1. The van der Waals surface area contributed by atoms with Gasteiger partial charge >= 0.3 is 0 Å². The first-order chi connectivity index (χ1) is 6.79. The maximum Gasteiger partial charge on any atom is 0.0944 e. The molecule has 0 amide bonds. The van der Waals surface area contributed by atoms with E-state index in [2.05, 4.69) is 15.8 Å². The molecular weight excluding hydrogens is 194 g/mol. The minimum atomic E-state index is 0.425. The molecule has 1 aromatic rings. The van der Waals surface area contributed by atoms with Crippen molar-refractivity contribution < 1.29 is 0 Å². The minimum Gasteiger partial charge on any atom is -0.271 e. The molecule has 2 rings (SSSR count). The van der Waals surface area contributed by atoms with E-state index in [4.69, 9.17) is 5.84 Å². The van der Waals surface area contributed by atoms with Crippen LogP contribution in [0.3, 0.4) is 0 Å². The summed E-state index contributed by atoms with van der Waals surface area (Å²) in [6.45, 7) is 2.04. The Morgan fingerprint density at radius 1 is 1.71 bits per heavy atom. The quantitative estimate of drug-likeness (QED) is 0.588. The van der Waals surface area contributed by atoms with Crippen molar-refractivity contribution in [3.8, 4) is 0 Å². The number of aromatic nitrogens is 1. The van der Waals surface area contributed by atoms with Crippen molar-refractivity contribution in [2.24, 2.45) is 11.8 Å². The van der Waals surface area contributed by atoms with Gasteiger partial charge in [0.25, 0.3) is 0 Å². The van der Waals surface area contributed by atoms with Gasteiger partial charge < -0.3 is 0 Å². The van der Waals surface area contributed by atoms with E-state index in [1.54, 1.807) is 11.3 Å². The normalized spacial score (nSPS) is 19.3. The molecule has 0 aromatic carbocycles. The lowest BCUT2D eigenvalue weighted by molar-refractivity contribution is 0.228. The third-order valence-corrected chi connectivity index (χ3v) is 3.98. The summed E-state index contributed by atoms with van der Waals surface area (Å²) in [4.78, 5) is 4.46. The van der Waals surface area contributed by atoms with Crippen molar-refractivity contribution in [1.29, 1.82) is 0 Å². The van der Waals surface area contributed by atoms with Crippen LogP contribution in [0.25, 0.3) is 0 Å². The average molecular weight is 211 g/mol. The van der Waals surface area contributed by atoms with E-state index in [9.17, 15) is 0 Å². The van der Waals surface area contributed by atoms with Crippen LogP contribution in [0.1, 0.15) is 30.0 Å². The van der Waals surface area contributed by atoms with E-state index >= 15 is 0 Å². The van der Waals surface area contributed by atoms with Crippen molar-refractivity contribution in [2.75, 3.05) is 0 Å². The molecule has 1 aliphatic rings. The van der Waals surface area contributed by atoms with Crippen LogP contribution in [0, 0.1) is 12.8 Å². The molecule has 1 heterocycles. The Hall–Kier alpha value is -0.450. The highest BCUT2D eigenvalue weighted by molar-refractivity contribution is 7.09. The van der Waals surface area contributed by atoms with Crippen LogP contribution in [0.4, 0.5) is 0 Å². The molecule has 3 N–H and O–H groups in total. The fraction of sp³-hybridized carbons (Fsp3) is 0.700. The van der Waals surface area contributed by atoms with Gasteiger partial charge in [0.2, 0.25) is 0 Å². The van der Waals surface area contributed by atoms with Gasteiger partial charge in [0.05, 0.1) is 5.01 Å². The molecule has 0 bridgehead atoms. The number of rotatable bonds is 4. The monoisotopic (exact) mass is 211 g/mol. The van der Waals surface area contributed by atoms with E-state index in [0.717, 1.165) is 18.0 Å². The molecular formula is C10H17N3S. The number of hydrogen-bond donors (Lipinski definition) is 2. The van der Waals surface area contributed by atoms with Gasteiger partial charge in [-0.15, -0.1) is 11.3 Å². The summed E-state index contributed by atoms with van der Waals surface area (Å²) >= 11 is 1.74. The summed E-state index contributed by atoms with van der Waals surface area (Å²) in [6.07, 6.45) is 4.98. The van der Waals surface area contributed by atoms with Crippen LogP contribution in [0.5, 0.6) is 0 Å². The van der Waals surface area contributed by atoms with Crippen LogP contribution in [0.15, 0.2) is 5.38 Å². The zero-order valence-electron chi connectivity index (χ0n) is 8.49. The number of thiazole rings is 1. The van der Waals surface area contributed by atoms with Gasteiger partial charge in [0.15, 0.2) is 0 Å². The largest absolute Gasteiger partial charge is 0.271 e. The number of nitrogens with zero attached hydrogens (tertiary/aromatic N) is 1. The summed E-state index contributed by atoms with van der Waals surface area (Å²) in [7, 11) is 0. The third-order valence-electron chi connectivity index (χ3n) is 2.99. The van der Waals surface area contributed by atoms with Crippen molar-refractivity contribution in [3.63, 3.8) is 0 Å². The molecule has 1 saturated carbocycles. The summed E-state index contributed by atoms with van der Waals surface area (Å²) < 4.78 is 0. The standard InChI is InChI=1S/C10H17N3S/c1-7-6-14-10(12-7)5-9(13-11)8-3-2-4-8/h6,8-9,13H,2-5,11H2,1H3. The van der Waals surface area contributed by atoms with Crippen LogP contribution >= 0.6 is 11.3 Å². The molecule has 1 aliphatic carbocycles. The number of hydrazine groups is 1. The Labute approximate surface area is 88.7 Å². The highest BCUT2D eigenvalue weighted by atomic mass is 32.1. The van der Waals surface area contributed by atoms with E-state index in [1.165, 1.54) is 24.3 Å². The number of aryl methyl sites for hydroxylation is 1. The second-order valence-corrected chi connectivity index (χ2v) is 4.99. The summed E-state index contributed by atoms with van der Waals surface area (Å²) in [6, 6.07) is 0.425. The van der Waals surface area contributed by atoms with Crippen molar-refractivity contribution in [2.45, 2.75) is 38.6 Å². The maximum atomic E-state index is 5.56. The zero-order valence-corrected chi connectivity index (χ0v) is 9.31. The molecule has 0 saturated heterocycles. The average Bonchev–Trinajstić information content (AvgIpc) is 2.47. The Morgan fingerprint density at radius 2 is 2.50 bits per heavy atom. The minimum absolute atomic E-state index is 0.425. The van der Waals surface area contributed by atoms with Gasteiger partial charge in [0.1, 0.15) is 0 Å². The third kappa shape index (κ3) is 2.13. The first-order valence-electron chi connectivity index (χ1n) is 5.16. The van der Waals surface area contributed by atoms with Crippen LogP contribution < -0.4 is 11.3 Å². The Bertz CT molecular complexity index is 293. The molecule has 1 atom stereocenters. The number of hydrogen-bond acceptors (Lipinski definition) is 4. The second kappa shape index (κ2) is 4.38. The molecule has 78 valence electrons. The van der Waals surface area contributed by atoms with Gasteiger partial charge in [-0.25, -0.2) is 4.98 Å². The molecule has 14 heavy (non-hydrogen) atoms. The first-order valence-corrected chi connectivity index (χ1v) is 6.04. The van der Waals surface area contributed by atoms with E-state index < -0.39 is 0 Å². The topological polar surface area (TPSA) is 50.9 Å². The van der Waals surface area contributed by atoms with E-state index in [1.807, 2.05) is 6.92 Å². The fourth-order valence-electron chi connectivity index (χ4n) is 1.89. The Balaban J connectivity index is 1.93. The molecule has 1 fully saturated rings. The number of nitrogens with one attached hydrogen (secondary N) is 1. The van der Waals surface area contributed by atoms with Crippen LogP contribution in [-0.4, -0.2) is 11.0 Å². The van der Waals surface area contributed by atoms with Gasteiger partial charge in [-0.05, 0) is 25.7 Å². The highest BCUT2D eigenvalue weighted by Crippen LogP contribution is 2.31. The van der Waals surface area contributed by atoms with E-state index in [-0.39, 0.29) is 0 Å². The Morgan fingerprint density at radius 3 is 2.93 bits per heavy atom. The lowest BCUT2D eigenvalue weighted by Gasteiger charge is -2.32. The smallest absolute Gasteiger partial charge is 0.0944 e. The van der Waals surface area contributed by atoms with E-state index in [0.29, 0.717) is 6.04 Å². The number of nitrogens with two attached hydrogens (primary N) is 1. The van der Waals surface area contributed by atoms with Gasteiger partial charge in [-0.3, -0.25) is 11.3 Å².